The summed E-state index contributed by atoms with van der Waals surface area (Å²) in [5.41, 5.74) is 2.94. The van der Waals surface area contributed by atoms with Gasteiger partial charge in [0.25, 0.3) is 0 Å². The Morgan fingerprint density at radius 3 is 2.76 bits per heavy atom. The highest BCUT2D eigenvalue weighted by molar-refractivity contribution is 5.40. The lowest BCUT2D eigenvalue weighted by molar-refractivity contribution is 0.0971. The Morgan fingerprint density at radius 1 is 1.41 bits per heavy atom. The monoisotopic (exact) mass is 233 g/mol. The highest BCUT2D eigenvalue weighted by atomic mass is 16.3. The van der Waals surface area contributed by atoms with E-state index in [0.29, 0.717) is 11.8 Å². The van der Waals surface area contributed by atoms with Crippen molar-refractivity contribution in [3.8, 4) is 5.75 Å². The number of nitrogens with zero attached hydrogens (tertiary/aromatic N) is 1. The van der Waals surface area contributed by atoms with Gasteiger partial charge in [-0.15, -0.1) is 0 Å². The lowest BCUT2D eigenvalue weighted by Crippen LogP contribution is -2.42. The molecule has 2 nitrogen and oxygen atoms in total. The molecule has 2 heteroatoms. The van der Waals surface area contributed by atoms with E-state index in [-0.39, 0.29) is 5.54 Å². The van der Waals surface area contributed by atoms with E-state index < -0.39 is 0 Å². The maximum atomic E-state index is 9.51. The average molecular weight is 233 g/mol. The van der Waals surface area contributed by atoms with Crippen molar-refractivity contribution in [3.05, 3.63) is 29.3 Å². The average Bonchev–Trinajstić information content (AvgIpc) is 2.70. The standard InChI is InChI=1S/C15H23NO/c1-5-15(2,3)16(4)14-9-6-11-10-12(17)7-8-13(11)14/h7-8,10,14,17H,5-6,9H2,1-4H3. The van der Waals surface area contributed by atoms with E-state index >= 15 is 0 Å². The molecule has 0 fully saturated rings. The zero-order valence-electron chi connectivity index (χ0n) is 11.3. The number of hydrogen-bond donors (Lipinski definition) is 1. The van der Waals surface area contributed by atoms with Crippen LogP contribution in [0, 0.1) is 0 Å². The summed E-state index contributed by atoms with van der Waals surface area (Å²) < 4.78 is 0. The predicted molar refractivity (Wildman–Crippen MR) is 71.3 cm³/mol. The Labute approximate surface area is 104 Å². The summed E-state index contributed by atoms with van der Waals surface area (Å²) in [5, 5.41) is 9.51. The van der Waals surface area contributed by atoms with Gasteiger partial charge in [-0.25, -0.2) is 0 Å². The van der Waals surface area contributed by atoms with Gasteiger partial charge in [-0.05, 0) is 63.4 Å². The molecule has 1 aliphatic carbocycles. The topological polar surface area (TPSA) is 23.5 Å². The number of hydrogen-bond acceptors (Lipinski definition) is 2. The minimum atomic E-state index is 0.226. The van der Waals surface area contributed by atoms with Crippen LogP contribution in [0.4, 0.5) is 0 Å². The smallest absolute Gasteiger partial charge is 0.115 e. The largest absolute Gasteiger partial charge is 0.508 e. The molecular formula is C15H23NO. The van der Waals surface area contributed by atoms with Gasteiger partial charge in [-0.1, -0.05) is 13.0 Å². The van der Waals surface area contributed by atoms with Crippen LogP contribution in [0.25, 0.3) is 0 Å². The van der Waals surface area contributed by atoms with Crippen molar-refractivity contribution in [2.75, 3.05) is 7.05 Å². The van der Waals surface area contributed by atoms with Crippen molar-refractivity contribution in [3.63, 3.8) is 0 Å². The fourth-order valence-electron chi connectivity index (χ4n) is 2.66. The third-order valence-electron chi connectivity index (χ3n) is 4.46. The van der Waals surface area contributed by atoms with Gasteiger partial charge in [-0.2, -0.15) is 0 Å². The predicted octanol–water partition coefficient (Wildman–Crippen LogP) is 3.50. The summed E-state index contributed by atoms with van der Waals surface area (Å²) in [5.74, 6) is 0.391. The van der Waals surface area contributed by atoms with E-state index in [2.05, 4.69) is 38.8 Å². The van der Waals surface area contributed by atoms with Gasteiger partial charge in [0.2, 0.25) is 0 Å². The van der Waals surface area contributed by atoms with Gasteiger partial charge < -0.3 is 5.11 Å². The molecule has 0 heterocycles. The second-order valence-corrected chi connectivity index (χ2v) is 5.71. The Balaban J connectivity index is 2.28. The van der Waals surface area contributed by atoms with Gasteiger partial charge in [0.1, 0.15) is 5.75 Å². The van der Waals surface area contributed by atoms with Gasteiger partial charge in [0.05, 0.1) is 0 Å². The van der Waals surface area contributed by atoms with Crippen molar-refractivity contribution in [1.29, 1.82) is 0 Å². The minimum absolute atomic E-state index is 0.226. The molecule has 0 amide bonds. The van der Waals surface area contributed by atoms with Crippen molar-refractivity contribution in [2.45, 2.75) is 51.6 Å². The first kappa shape index (κ1) is 12.4. The van der Waals surface area contributed by atoms with Crippen LogP contribution in [0.15, 0.2) is 18.2 Å². The number of phenolic OH excluding ortho intramolecular Hbond substituents is 1. The number of fused-ring (bicyclic) bond motifs is 1. The van der Waals surface area contributed by atoms with Gasteiger partial charge in [-0.3, -0.25) is 4.90 Å². The molecule has 94 valence electrons. The van der Waals surface area contributed by atoms with E-state index in [4.69, 9.17) is 0 Å². The normalized spacial score (nSPS) is 19.7. The van der Waals surface area contributed by atoms with Crippen molar-refractivity contribution < 1.29 is 5.11 Å². The third-order valence-corrected chi connectivity index (χ3v) is 4.46. The number of phenols is 1. The SMILES string of the molecule is CCC(C)(C)N(C)C1CCc2cc(O)ccc21. The second-order valence-electron chi connectivity index (χ2n) is 5.71. The summed E-state index contributed by atoms with van der Waals surface area (Å²) in [6.45, 7) is 6.83. The van der Waals surface area contributed by atoms with Crippen LogP contribution in [0.3, 0.4) is 0 Å². The van der Waals surface area contributed by atoms with E-state index in [9.17, 15) is 5.11 Å². The molecule has 2 rings (SSSR count). The Kier molecular flexibility index (Phi) is 3.17. The molecular weight excluding hydrogens is 210 g/mol. The van der Waals surface area contributed by atoms with Crippen molar-refractivity contribution >= 4 is 0 Å². The molecule has 1 N–H and O–H groups in total. The molecule has 0 aromatic heterocycles. The number of benzene rings is 1. The fourth-order valence-corrected chi connectivity index (χ4v) is 2.66. The van der Waals surface area contributed by atoms with Crippen LogP contribution < -0.4 is 0 Å². The minimum Gasteiger partial charge on any atom is -0.508 e. The molecule has 0 radical (unpaired) electrons. The van der Waals surface area contributed by atoms with Crippen LogP contribution >= 0.6 is 0 Å². The lowest BCUT2D eigenvalue weighted by atomic mass is 9.95. The summed E-state index contributed by atoms with van der Waals surface area (Å²) >= 11 is 0. The van der Waals surface area contributed by atoms with Crippen LogP contribution in [0.2, 0.25) is 0 Å². The molecule has 1 atom stereocenters. The van der Waals surface area contributed by atoms with Gasteiger partial charge >= 0.3 is 0 Å². The van der Waals surface area contributed by atoms with E-state index in [1.165, 1.54) is 17.5 Å². The quantitative estimate of drug-likeness (QED) is 0.863. The van der Waals surface area contributed by atoms with Crippen LogP contribution in [-0.4, -0.2) is 22.6 Å². The zero-order chi connectivity index (χ0) is 12.6. The first-order valence-corrected chi connectivity index (χ1v) is 6.50. The fraction of sp³-hybridized carbons (Fsp3) is 0.600. The highest BCUT2D eigenvalue weighted by Gasteiger charge is 2.33. The van der Waals surface area contributed by atoms with Crippen molar-refractivity contribution in [2.24, 2.45) is 0 Å². The molecule has 0 saturated carbocycles. The Hall–Kier alpha value is -1.02. The van der Waals surface area contributed by atoms with E-state index in [0.717, 1.165) is 12.8 Å². The van der Waals surface area contributed by atoms with Crippen molar-refractivity contribution in [1.82, 2.24) is 4.90 Å². The first-order valence-electron chi connectivity index (χ1n) is 6.50. The molecule has 0 spiro atoms. The van der Waals surface area contributed by atoms with E-state index in [1.807, 2.05) is 12.1 Å². The summed E-state index contributed by atoms with van der Waals surface area (Å²) in [6.07, 6.45) is 3.39. The summed E-state index contributed by atoms with van der Waals surface area (Å²) in [7, 11) is 2.22. The number of aromatic hydroxyl groups is 1. The number of rotatable bonds is 3. The zero-order valence-corrected chi connectivity index (χ0v) is 11.3. The molecule has 1 aliphatic rings. The third kappa shape index (κ3) is 2.19. The van der Waals surface area contributed by atoms with Crippen LogP contribution in [0.1, 0.15) is 50.8 Å². The summed E-state index contributed by atoms with van der Waals surface area (Å²) in [4.78, 5) is 2.48. The van der Waals surface area contributed by atoms with E-state index in [1.54, 1.807) is 0 Å². The van der Waals surface area contributed by atoms with Crippen LogP contribution in [0.5, 0.6) is 5.75 Å². The Morgan fingerprint density at radius 2 is 2.12 bits per heavy atom. The highest BCUT2D eigenvalue weighted by Crippen LogP contribution is 2.39. The van der Waals surface area contributed by atoms with Crippen LogP contribution in [-0.2, 0) is 6.42 Å². The first-order chi connectivity index (χ1) is 7.95. The maximum Gasteiger partial charge on any atom is 0.115 e. The summed E-state index contributed by atoms with van der Waals surface area (Å²) in [6, 6.07) is 6.32. The molecule has 0 saturated heterocycles. The molecule has 0 aliphatic heterocycles. The molecule has 1 aromatic carbocycles. The van der Waals surface area contributed by atoms with Gasteiger partial charge in [0, 0.05) is 11.6 Å². The van der Waals surface area contributed by atoms with Gasteiger partial charge in [0.15, 0.2) is 0 Å². The molecule has 17 heavy (non-hydrogen) atoms. The molecule has 1 unspecified atom stereocenters. The molecule has 1 aromatic rings. The maximum absolute atomic E-state index is 9.51. The lowest BCUT2D eigenvalue weighted by Gasteiger charge is -2.39. The Bertz CT molecular complexity index is 411. The molecule has 0 bridgehead atoms. The second kappa shape index (κ2) is 4.34. The number of aryl methyl sites for hydroxylation is 1.